The highest BCUT2D eigenvalue weighted by Gasteiger charge is 2.06. The third kappa shape index (κ3) is 5.81. The van der Waals surface area contributed by atoms with E-state index < -0.39 is 0 Å². The van der Waals surface area contributed by atoms with Crippen LogP contribution in [0.2, 0.25) is 0 Å². The van der Waals surface area contributed by atoms with Crippen LogP contribution in [-0.4, -0.2) is 30.7 Å². The van der Waals surface area contributed by atoms with Crippen LogP contribution in [0.5, 0.6) is 11.5 Å². The Morgan fingerprint density at radius 2 is 1.76 bits per heavy atom. The first-order valence-corrected chi connectivity index (χ1v) is 8.56. The van der Waals surface area contributed by atoms with Crippen LogP contribution in [0.1, 0.15) is 31.5 Å². The number of aromatic nitrogens is 2. The lowest BCUT2D eigenvalue weighted by atomic mass is 10.1. The Kier molecular flexibility index (Phi) is 6.86. The van der Waals surface area contributed by atoms with Gasteiger partial charge in [-0.05, 0) is 37.0 Å². The lowest BCUT2D eigenvalue weighted by Gasteiger charge is -2.12. The van der Waals surface area contributed by atoms with Crippen LogP contribution >= 0.6 is 0 Å². The van der Waals surface area contributed by atoms with Crippen molar-refractivity contribution < 1.29 is 9.47 Å². The number of nitrogens with one attached hydrogen (secondary N) is 2. The van der Waals surface area contributed by atoms with Crippen LogP contribution in [0.15, 0.2) is 24.3 Å². The van der Waals surface area contributed by atoms with Gasteiger partial charge in [-0.2, -0.15) is 4.98 Å². The first-order valence-electron chi connectivity index (χ1n) is 8.56. The molecule has 0 saturated carbocycles. The van der Waals surface area contributed by atoms with Crippen molar-refractivity contribution in [3.05, 3.63) is 35.5 Å². The summed E-state index contributed by atoms with van der Waals surface area (Å²) in [7, 11) is 3.27. The summed E-state index contributed by atoms with van der Waals surface area (Å²) < 4.78 is 10.6. The minimum Gasteiger partial charge on any atom is -0.493 e. The van der Waals surface area contributed by atoms with Crippen LogP contribution < -0.4 is 20.1 Å². The molecule has 6 nitrogen and oxygen atoms in total. The number of hydrogen-bond acceptors (Lipinski definition) is 6. The van der Waals surface area contributed by atoms with Gasteiger partial charge in [-0.1, -0.05) is 19.9 Å². The summed E-state index contributed by atoms with van der Waals surface area (Å²) in [6.45, 7) is 7.89. The minimum atomic E-state index is 0.641. The number of rotatable bonds is 9. The predicted molar refractivity (Wildman–Crippen MR) is 102 cm³/mol. The van der Waals surface area contributed by atoms with Gasteiger partial charge in [-0.25, -0.2) is 4.98 Å². The first-order chi connectivity index (χ1) is 12.0. The summed E-state index contributed by atoms with van der Waals surface area (Å²) in [5.41, 5.74) is 2.01. The van der Waals surface area contributed by atoms with E-state index in [1.807, 2.05) is 31.2 Å². The lowest BCUT2D eigenvalue weighted by molar-refractivity contribution is 0.354. The molecule has 0 saturated heterocycles. The molecule has 1 aromatic heterocycles. The number of methoxy groups -OCH3 is 2. The molecule has 0 spiro atoms. The average Bonchev–Trinajstić information content (AvgIpc) is 2.59. The van der Waals surface area contributed by atoms with Crippen molar-refractivity contribution in [1.29, 1.82) is 0 Å². The van der Waals surface area contributed by atoms with E-state index in [0.29, 0.717) is 18.4 Å². The second-order valence-electron chi connectivity index (χ2n) is 6.37. The largest absolute Gasteiger partial charge is 0.493 e. The van der Waals surface area contributed by atoms with E-state index in [-0.39, 0.29) is 0 Å². The molecule has 0 aliphatic carbocycles. The Labute approximate surface area is 150 Å². The standard InChI is InChI=1S/C19H28N4O2/c1-13(2)8-9-20-19-22-14(3)10-18(23-19)21-12-15-6-7-16(24-4)17(11-15)25-5/h6-7,10-11,13H,8-9,12H2,1-5H3,(H2,20,21,22,23). The molecule has 0 atom stereocenters. The van der Waals surface area contributed by atoms with Gasteiger partial charge in [0, 0.05) is 24.8 Å². The Hall–Kier alpha value is -2.50. The molecule has 1 heterocycles. The van der Waals surface area contributed by atoms with Gasteiger partial charge in [0.2, 0.25) is 5.95 Å². The van der Waals surface area contributed by atoms with Crippen molar-refractivity contribution in [1.82, 2.24) is 9.97 Å². The van der Waals surface area contributed by atoms with Gasteiger partial charge in [-0.15, -0.1) is 0 Å². The maximum atomic E-state index is 5.34. The highest BCUT2D eigenvalue weighted by molar-refractivity contribution is 5.46. The Balaban J connectivity index is 2.01. The van der Waals surface area contributed by atoms with Crippen molar-refractivity contribution >= 4 is 11.8 Å². The quantitative estimate of drug-likeness (QED) is 0.720. The van der Waals surface area contributed by atoms with Gasteiger partial charge in [0.25, 0.3) is 0 Å². The van der Waals surface area contributed by atoms with Crippen molar-refractivity contribution in [3.63, 3.8) is 0 Å². The highest BCUT2D eigenvalue weighted by Crippen LogP contribution is 2.27. The second kappa shape index (κ2) is 9.11. The van der Waals surface area contributed by atoms with Crippen molar-refractivity contribution in [3.8, 4) is 11.5 Å². The number of benzene rings is 1. The van der Waals surface area contributed by atoms with Crippen LogP contribution in [0, 0.1) is 12.8 Å². The molecule has 0 unspecified atom stereocenters. The molecule has 6 heteroatoms. The van der Waals surface area contributed by atoms with Crippen molar-refractivity contribution in [2.24, 2.45) is 5.92 Å². The first kappa shape index (κ1) is 18.8. The van der Waals surface area contributed by atoms with Gasteiger partial charge >= 0.3 is 0 Å². The summed E-state index contributed by atoms with van der Waals surface area (Å²) in [6, 6.07) is 7.81. The van der Waals surface area contributed by atoms with E-state index in [1.54, 1.807) is 14.2 Å². The number of nitrogens with zero attached hydrogens (tertiary/aromatic N) is 2. The van der Waals surface area contributed by atoms with Gasteiger partial charge < -0.3 is 20.1 Å². The predicted octanol–water partition coefficient (Wildman–Crippen LogP) is 3.87. The third-order valence-corrected chi connectivity index (χ3v) is 3.78. The summed E-state index contributed by atoms with van der Waals surface area (Å²) in [6.07, 6.45) is 1.09. The third-order valence-electron chi connectivity index (χ3n) is 3.78. The van der Waals surface area contributed by atoms with Crippen LogP contribution in [-0.2, 0) is 6.54 Å². The summed E-state index contributed by atoms with van der Waals surface area (Å²) in [5.74, 6) is 3.56. The van der Waals surface area contributed by atoms with Gasteiger partial charge in [-0.3, -0.25) is 0 Å². The molecule has 0 aliphatic rings. The molecule has 1 aromatic carbocycles. The topological polar surface area (TPSA) is 68.3 Å². The molecule has 136 valence electrons. The van der Waals surface area contributed by atoms with Crippen molar-refractivity contribution in [2.75, 3.05) is 31.4 Å². The Bertz CT molecular complexity index is 689. The molecule has 0 aliphatic heterocycles. The van der Waals surface area contributed by atoms with Crippen LogP contribution in [0.25, 0.3) is 0 Å². The SMILES string of the molecule is COc1ccc(CNc2cc(C)nc(NCCC(C)C)n2)cc1OC. The molecule has 2 N–H and O–H groups in total. The molecule has 2 aromatic rings. The zero-order valence-corrected chi connectivity index (χ0v) is 15.7. The summed E-state index contributed by atoms with van der Waals surface area (Å²) >= 11 is 0. The van der Waals surface area contributed by atoms with E-state index in [4.69, 9.17) is 9.47 Å². The molecule has 0 bridgehead atoms. The fourth-order valence-corrected chi connectivity index (χ4v) is 2.39. The lowest BCUT2D eigenvalue weighted by Crippen LogP contribution is -2.10. The maximum Gasteiger partial charge on any atom is 0.224 e. The van der Waals surface area contributed by atoms with Crippen LogP contribution in [0.3, 0.4) is 0 Å². The fraction of sp³-hybridized carbons (Fsp3) is 0.474. The molecular formula is C19H28N4O2. The smallest absolute Gasteiger partial charge is 0.224 e. The number of hydrogen-bond donors (Lipinski definition) is 2. The highest BCUT2D eigenvalue weighted by atomic mass is 16.5. The van der Waals surface area contributed by atoms with Gasteiger partial charge in [0.15, 0.2) is 11.5 Å². The average molecular weight is 344 g/mol. The van der Waals surface area contributed by atoms with Gasteiger partial charge in [0.1, 0.15) is 5.82 Å². The van der Waals surface area contributed by atoms with E-state index in [1.165, 1.54) is 0 Å². The number of aryl methyl sites for hydroxylation is 1. The normalized spacial score (nSPS) is 10.6. The van der Waals surface area contributed by atoms with Crippen LogP contribution in [0.4, 0.5) is 11.8 Å². The van der Waals surface area contributed by atoms with E-state index in [2.05, 4.69) is 34.4 Å². The number of ether oxygens (including phenoxy) is 2. The number of anilines is 2. The van der Waals surface area contributed by atoms with Crippen molar-refractivity contribution in [2.45, 2.75) is 33.7 Å². The molecule has 2 rings (SSSR count). The van der Waals surface area contributed by atoms with E-state index in [0.717, 1.165) is 41.5 Å². The fourth-order valence-electron chi connectivity index (χ4n) is 2.39. The molecule has 0 amide bonds. The summed E-state index contributed by atoms with van der Waals surface area (Å²) in [5, 5.41) is 6.63. The molecule has 0 radical (unpaired) electrons. The minimum absolute atomic E-state index is 0.641. The monoisotopic (exact) mass is 344 g/mol. The molecule has 25 heavy (non-hydrogen) atoms. The maximum absolute atomic E-state index is 5.34. The zero-order chi connectivity index (χ0) is 18.2. The molecular weight excluding hydrogens is 316 g/mol. The Morgan fingerprint density at radius 3 is 2.44 bits per heavy atom. The molecule has 0 fully saturated rings. The zero-order valence-electron chi connectivity index (χ0n) is 15.7. The second-order valence-corrected chi connectivity index (χ2v) is 6.37. The summed E-state index contributed by atoms with van der Waals surface area (Å²) in [4.78, 5) is 8.97. The van der Waals surface area contributed by atoms with E-state index in [9.17, 15) is 0 Å². The van der Waals surface area contributed by atoms with E-state index >= 15 is 0 Å². The Morgan fingerprint density at radius 1 is 1.00 bits per heavy atom. The van der Waals surface area contributed by atoms with Gasteiger partial charge in [0.05, 0.1) is 14.2 Å².